The van der Waals surface area contributed by atoms with Crippen molar-refractivity contribution in [1.29, 1.82) is 0 Å². The van der Waals surface area contributed by atoms with Crippen molar-refractivity contribution in [2.75, 3.05) is 11.1 Å². The van der Waals surface area contributed by atoms with Crippen LogP contribution >= 0.6 is 11.3 Å². The van der Waals surface area contributed by atoms with E-state index in [1.54, 1.807) is 0 Å². The van der Waals surface area contributed by atoms with Gasteiger partial charge in [-0.1, -0.05) is 31.6 Å². The molecule has 1 atom stereocenters. The fourth-order valence-electron chi connectivity index (χ4n) is 1.94. The summed E-state index contributed by atoms with van der Waals surface area (Å²) in [5.41, 5.74) is 5.83. The first-order valence-electron chi connectivity index (χ1n) is 6.97. The zero-order valence-electron chi connectivity index (χ0n) is 11.5. The third kappa shape index (κ3) is 3.83. The highest BCUT2D eigenvalue weighted by Gasteiger charge is 2.24. The zero-order valence-corrected chi connectivity index (χ0v) is 12.3. The van der Waals surface area contributed by atoms with Crippen LogP contribution in [0.25, 0.3) is 0 Å². The quantitative estimate of drug-likeness (QED) is 0.718. The minimum Gasteiger partial charge on any atom is -0.382 e. The van der Waals surface area contributed by atoms with Crippen molar-refractivity contribution in [1.82, 2.24) is 10.3 Å². The lowest BCUT2D eigenvalue weighted by Crippen LogP contribution is -2.34. The van der Waals surface area contributed by atoms with Crippen molar-refractivity contribution in [3.8, 4) is 0 Å². The van der Waals surface area contributed by atoms with Crippen molar-refractivity contribution in [2.45, 2.75) is 58.0 Å². The van der Waals surface area contributed by atoms with Crippen LogP contribution in [-0.4, -0.2) is 23.0 Å². The lowest BCUT2D eigenvalue weighted by atomic mass is 10.1. The number of amides is 1. The van der Waals surface area contributed by atoms with Gasteiger partial charge in [0.2, 0.25) is 0 Å². The van der Waals surface area contributed by atoms with Gasteiger partial charge < -0.3 is 16.4 Å². The Bertz CT molecular complexity index is 442. The number of carbonyl (C=O) groups excluding carboxylic acids is 1. The molecule has 19 heavy (non-hydrogen) atoms. The summed E-state index contributed by atoms with van der Waals surface area (Å²) in [7, 11) is 0. The van der Waals surface area contributed by atoms with E-state index in [1.165, 1.54) is 24.2 Å². The Kier molecular flexibility index (Phi) is 4.63. The topological polar surface area (TPSA) is 80.0 Å². The van der Waals surface area contributed by atoms with Gasteiger partial charge in [-0.15, -0.1) is 0 Å². The Labute approximate surface area is 118 Å². The molecule has 0 aliphatic heterocycles. The largest absolute Gasteiger partial charge is 0.382 e. The highest BCUT2D eigenvalue weighted by molar-refractivity contribution is 7.18. The van der Waals surface area contributed by atoms with E-state index in [-0.39, 0.29) is 11.9 Å². The minimum absolute atomic E-state index is 0.0980. The predicted molar refractivity (Wildman–Crippen MR) is 79.6 cm³/mol. The maximum atomic E-state index is 12.2. The first kappa shape index (κ1) is 14.1. The van der Waals surface area contributed by atoms with E-state index in [4.69, 9.17) is 5.73 Å². The Hall–Kier alpha value is -1.30. The van der Waals surface area contributed by atoms with E-state index in [0.29, 0.717) is 16.7 Å². The highest BCUT2D eigenvalue weighted by Crippen LogP contribution is 2.30. The molecular weight excluding hydrogens is 260 g/mol. The van der Waals surface area contributed by atoms with Gasteiger partial charge in [0, 0.05) is 12.1 Å². The molecule has 5 nitrogen and oxygen atoms in total. The van der Waals surface area contributed by atoms with Gasteiger partial charge in [-0.25, -0.2) is 4.98 Å². The number of hydrogen-bond acceptors (Lipinski definition) is 5. The molecule has 0 spiro atoms. The van der Waals surface area contributed by atoms with Gasteiger partial charge in [0.15, 0.2) is 5.13 Å². The Morgan fingerprint density at radius 3 is 2.84 bits per heavy atom. The number of rotatable bonds is 7. The molecule has 0 aromatic carbocycles. The molecule has 0 bridgehead atoms. The number of nitrogens with one attached hydrogen (secondary N) is 2. The molecule has 1 saturated carbocycles. The molecule has 1 aliphatic rings. The second-order valence-corrected chi connectivity index (χ2v) is 6.02. The summed E-state index contributed by atoms with van der Waals surface area (Å²) in [6.45, 7) is 4.20. The minimum atomic E-state index is -0.0980. The van der Waals surface area contributed by atoms with E-state index in [0.717, 1.165) is 24.4 Å². The van der Waals surface area contributed by atoms with Gasteiger partial charge in [-0.05, 0) is 25.7 Å². The molecule has 1 aliphatic carbocycles. The number of anilines is 2. The third-order valence-electron chi connectivity index (χ3n) is 3.23. The first-order valence-corrected chi connectivity index (χ1v) is 7.79. The Morgan fingerprint density at radius 1 is 1.53 bits per heavy atom. The van der Waals surface area contributed by atoms with Gasteiger partial charge >= 0.3 is 0 Å². The summed E-state index contributed by atoms with van der Waals surface area (Å²) in [5, 5.41) is 7.06. The van der Waals surface area contributed by atoms with E-state index < -0.39 is 0 Å². The monoisotopic (exact) mass is 282 g/mol. The molecule has 1 aromatic heterocycles. The number of nitrogens with zero attached hydrogens (tertiary/aromatic N) is 1. The normalized spacial score (nSPS) is 16.1. The SMILES string of the molecule is CCCC(CC)NC(=O)c1sc(NC2CC2)nc1N. The van der Waals surface area contributed by atoms with Crippen LogP contribution in [0.1, 0.15) is 55.6 Å². The number of aromatic nitrogens is 1. The van der Waals surface area contributed by atoms with Crippen molar-refractivity contribution >= 4 is 28.2 Å². The van der Waals surface area contributed by atoms with Gasteiger partial charge in [-0.2, -0.15) is 0 Å². The van der Waals surface area contributed by atoms with Crippen molar-refractivity contribution in [3.63, 3.8) is 0 Å². The molecule has 1 unspecified atom stereocenters. The Morgan fingerprint density at radius 2 is 2.26 bits per heavy atom. The van der Waals surface area contributed by atoms with Crippen LogP contribution in [-0.2, 0) is 0 Å². The van der Waals surface area contributed by atoms with Crippen LogP contribution in [0.5, 0.6) is 0 Å². The van der Waals surface area contributed by atoms with Crippen molar-refractivity contribution < 1.29 is 4.79 Å². The smallest absolute Gasteiger partial charge is 0.265 e. The molecule has 6 heteroatoms. The zero-order chi connectivity index (χ0) is 13.8. The fraction of sp³-hybridized carbons (Fsp3) is 0.692. The number of nitrogen functional groups attached to an aromatic ring is 1. The average molecular weight is 282 g/mol. The van der Waals surface area contributed by atoms with Crippen molar-refractivity contribution in [2.24, 2.45) is 0 Å². The summed E-state index contributed by atoms with van der Waals surface area (Å²) in [4.78, 5) is 16.9. The van der Waals surface area contributed by atoms with Crippen LogP contribution in [0, 0.1) is 0 Å². The van der Waals surface area contributed by atoms with Crippen LogP contribution in [0.3, 0.4) is 0 Å². The number of nitrogens with two attached hydrogens (primary N) is 1. The maximum Gasteiger partial charge on any atom is 0.265 e. The summed E-state index contributed by atoms with van der Waals surface area (Å²) in [6.07, 6.45) is 5.34. The average Bonchev–Trinajstić information content (AvgIpc) is 3.11. The van der Waals surface area contributed by atoms with E-state index >= 15 is 0 Å². The Balaban J connectivity index is 1.98. The lowest BCUT2D eigenvalue weighted by molar-refractivity contribution is 0.0938. The first-order chi connectivity index (χ1) is 9.13. The van der Waals surface area contributed by atoms with Crippen LogP contribution in [0.15, 0.2) is 0 Å². The van der Waals surface area contributed by atoms with E-state index in [1.807, 2.05) is 0 Å². The molecule has 106 valence electrons. The molecule has 1 amide bonds. The highest BCUT2D eigenvalue weighted by atomic mass is 32.1. The van der Waals surface area contributed by atoms with Crippen LogP contribution in [0.2, 0.25) is 0 Å². The summed E-state index contributed by atoms with van der Waals surface area (Å²) >= 11 is 1.35. The second-order valence-electron chi connectivity index (χ2n) is 5.02. The standard InChI is InChI=1S/C13H22N4OS/c1-3-5-8(4-2)15-12(18)10-11(14)17-13(19-10)16-9-6-7-9/h8-9H,3-7,14H2,1-2H3,(H,15,18)(H,16,17). The number of hydrogen-bond donors (Lipinski definition) is 3. The lowest BCUT2D eigenvalue weighted by Gasteiger charge is -2.15. The summed E-state index contributed by atoms with van der Waals surface area (Å²) in [6, 6.07) is 0.740. The second kappa shape index (κ2) is 6.23. The molecule has 1 heterocycles. The number of carbonyl (C=O) groups is 1. The summed E-state index contributed by atoms with van der Waals surface area (Å²) in [5.74, 6) is 0.233. The van der Waals surface area contributed by atoms with Crippen LogP contribution in [0.4, 0.5) is 10.9 Å². The molecule has 1 fully saturated rings. The number of thiazole rings is 1. The third-order valence-corrected chi connectivity index (χ3v) is 4.23. The molecule has 2 rings (SSSR count). The van der Waals surface area contributed by atoms with Crippen molar-refractivity contribution in [3.05, 3.63) is 4.88 Å². The molecule has 0 saturated heterocycles. The van der Waals surface area contributed by atoms with Gasteiger partial charge in [-0.3, -0.25) is 4.79 Å². The van der Waals surface area contributed by atoms with E-state index in [9.17, 15) is 4.79 Å². The molecule has 4 N–H and O–H groups in total. The van der Waals surface area contributed by atoms with Gasteiger partial charge in [0.05, 0.1) is 0 Å². The molecule has 1 aromatic rings. The van der Waals surface area contributed by atoms with Gasteiger partial charge in [0.25, 0.3) is 5.91 Å². The van der Waals surface area contributed by atoms with E-state index in [2.05, 4.69) is 29.5 Å². The molecular formula is C13H22N4OS. The molecule has 0 radical (unpaired) electrons. The fourth-order valence-corrected chi connectivity index (χ4v) is 2.80. The van der Waals surface area contributed by atoms with Crippen LogP contribution < -0.4 is 16.4 Å². The predicted octanol–water partition coefficient (Wildman–Crippen LogP) is 2.61. The van der Waals surface area contributed by atoms with Gasteiger partial charge in [0.1, 0.15) is 10.7 Å². The summed E-state index contributed by atoms with van der Waals surface area (Å²) < 4.78 is 0. The maximum absolute atomic E-state index is 12.2.